The summed E-state index contributed by atoms with van der Waals surface area (Å²) < 4.78 is 11.4. The largest absolute Gasteiger partial charge is 0.490 e. The number of nitrogens with one attached hydrogen (secondary N) is 1. The van der Waals surface area contributed by atoms with Crippen LogP contribution in [0.1, 0.15) is 37.3 Å². The Balaban J connectivity index is 1.68. The number of hydrazine groups is 1. The molecule has 1 heterocycles. The van der Waals surface area contributed by atoms with Gasteiger partial charge in [-0.3, -0.25) is 11.3 Å². The van der Waals surface area contributed by atoms with Gasteiger partial charge in [-0.25, -0.2) is 0 Å². The summed E-state index contributed by atoms with van der Waals surface area (Å²) in [5.74, 6) is 6.60. The van der Waals surface area contributed by atoms with Crippen LogP contribution in [-0.2, 0) is 4.74 Å². The van der Waals surface area contributed by atoms with E-state index in [1.54, 1.807) is 0 Å². The third-order valence-electron chi connectivity index (χ3n) is 3.58. The van der Waals surface area contributed by atoms with E-state index >= 15 is 0 Å². The normalized spacial score (nSPS) is 25.1. The SMILES string of the molecule is NNC(c1ccc(OC2CC2)cc1)C1CCCO1. The summed E-state index contributed by atoms with van der Waals surface area (Å²) in [7, 11) is 0. The molecule has 2 aliphatic rings. The van der Waals surface area contributed by atoms with Crippen LogP contribution < -0.4 is 16.0 Å². The highest BCUT2D eigenvalue weighted by Crippen LogP contribution is 2.30. The minimum atomic E-state index is 0.0717. The zero-order valence-corrected chi connectivity index (χ0v) is 10.5. The summed E-state index contributed by atoms with van der Waals surface area (Å²) in [6, 6.07) is 8.26. The summed E-state index contributed by atoms with van der Waals surface area (Å²) in [6.45, 7) is 0.839. The molecule has 2 unspecified atom stereocenters. The van der Waals surface area contributed by atoms with E-state index in [2.05, 4.69) is 17.6 Å². The molecule has 0 radical (unpaired) electrons. The van der Waals surface area contributed by atoms with Crippen LogP contribution in [0.3, 0.4) is 0 Å². The predicted molar refractivity (Wildman–Crippen MR) is 69.1 cm³/mol. The summed E-state index contributed by atoms with van der Waals surface area (Å²) in [5.41, 5.74) is 4.03. The molecule has 18 heavy (non-hydrogen) atoms. The fourth-order valence-corrected chi connectivity index (χ4v) is 2.42. The molecule has 4 nitrogen and oxygen atoms in total. The number of ether oxygens (including phenoxy) is 2. The quantitative estimate of drug-likeness (QED) is 0.617. The first kappa shape index (κ1) is 12.0. The van der Waals surface area contributed by atoms with Gasteiger partial charge >= 0.3 is 0 Å². The van der Waals surface area contributed by atoms with E-state index in [1.807, 2.05) is 12.1 Å². The van der Waals surface area contributed by atoms with E-state index in [-0.39, 0.29) is 12.1 Å². The molecular formula is C14H20N2O2. The standard InChI is InChI=1S/C14H20N2O2/c15-16-14(13-2-1-9-17-13)10-3-5-11(6-4-10)18-12-7-8-12/h3-6,12-14,16H,1-2,7-9,15H2. The summed E-state index contributed by atoms with van der Waals surface area (Å²) in [6.07, 6.45) is 5.18. The summed E-state index contributed by atoms with van der Waals surface area (Å²) in [4.78, 5) is 0. The topological polar surface area (TPSA) is 56.5 Å². The van der Waals surface area contributed by atoms with E-state index < -0.39 is 0 Å². The van der Waals surface area contributed by atoms with Crippen LogP contribution in [0.4, 0.5) is 0 Å². The maximum atomic E-state index is 5.74. The number of rotatable bonds is 5. The monoisotopic (exact) mass is 248 g/mol. The van der Waals surface area contributed by atoms with Crippen molar-refractivity contribution in [1.82, 2.24) is 5.43 Å². The molecular weight excluding hydrogens is 228 g/mol. The van der Waals surface area contributed by atoms with Gasteiger partial charge in [0.25, 0.3) is 0 Å². The van der Waals surface area contributed by atoms with Crippen molar-refractivity contribution in [1.29, 1.82) is 0 Å². The first-order valence-corrected chi connectivity index (χ1v) is 6.71. The van der Waals surface area contributed by atoms with E-state index in [1.165, 1.54) is 12.8 Å². The Bertz CT molecular complexity index is 383. The highest BCUT2D eigenvalue weighted by molar-refractivity contribution is 5.30. The molecule has 2 atom stereocenters. The molecule has 3 N–H and O–H groups in total. The average Bonchev–Trinajstić information content (AvgIpc) is 3.05. The van der Waals surface area contributed by atoms with Crippen molar-refractivity contribution in [3.05, 3.63) is 29.8 Å². The molecule has 3 rings (SSSR count). The molecule has 1 aromatic rings. The van der Waals surface area contributed by atoms with Gasteiger partial charge in [0, 0.05) is 6.61 Å². The second kappa shape index (κ2) is 5.26. The Morgan fingerprint density at radius 2 is 2.00 bits per heavy atom. The van der Waals surface area contributed by atoms with Crippen molar-refractivity contribution in [2.75, 3.05) is 6.61 Å². The van der Waals surface area contributed by atoms with E-state index in [0.29, 0.717) is 6.10 Å². The molecule has 1 saturated heterocycles. The molecule has 98 valence electrons. The van der Waals surface area contributed by atoms with Crippen molar-refractivity contribution >= 4 is 0 Å². The molecule has 0 spiro atoms. The van der Waals surface area contributed by atoms with Gasteiger partial charge in [0.05, 0.1) is 18.2 Å². The van der Waals surface area contributed by atoms with Gasteiger partial charge in [0.2, 0.25) is 0 Å². The van der Waals surface area contributed by atoms with Gasteiger partial charge in [-0.15, -0.1) is 0 Å². The zero-order valence-electron chi connectivity index (χ0n) is 10.5. The Morgan fingerprint density at radius 3 is 2.56 bits per heavy atom. The van der Waals surface area contributed by atoms with Crippen LogP contribution in [-0.4, -0.2) is 18.8 Å². The molecule has 0 bridgehead atoms. The number of hydrogen-bond donors (Lipinski definition) is 2. The summed E-state index contributed by atoms with van der Waals surface area (Å²) >= 11 is 0. The second-order valence-electron chi connectivity index (χ2n) is 5.08. The first-order valence-electron chi connectivity index (χ1n) is 6.71. The lowest BCUT2D eigenvalue weighted by atomic mass is 10.00. The minimum Gasteiger partial charge on any atom is -0.490 e. The lowest BCUT2D eigenvalue weighted by molar-refractivity contribution is 0.0783. The lowest BCUT2D eigenvalue weighted by Crippen LogP contribution is -2.36. The number of nitrogens with two attached hydrogens (primary N) is 1. The molecule has 0 aromatic heterocycles. The molecule has 1 saturated carbocycles. The Morgan fingerprint density at radius 1 is 1.22 bits per heavy atom. The van der Waals surface area contributed by atoms with Gasteiger partial charge in [0.15, 0.2) is 0 Å². The van der Waals surface area contributed by atoms with Crippen LogP contribution in [0.25, 0.3) is 0 Å². The summed E-state index contributed by atoms with van der Waals surface area (Å²) in [5, 5.41) is 0. The van der Waals surface area contributed by atoms with Gasteiger partial charge in [-0.2, -0.15) is 0 Å². The van der Waals surface area contributed by atoms with E-state index in [0.717, 1.165) is 30.8 Å². The maximum Gasteiger partial charge on any atom is 0.119 e. The number of benzene rings is 1. The molecule has 0 amide bonds. The Kier molecular flexibility index (Phi) is 3.50. The molecule has 4 heteroatoms. The van der Waals surface area contributed by atoms with Gasteiger partial charge < -0.3 is 9.47 Å². The third-order valence-corrected chi connectivity index (χ3v) is 3.58. The number of hydrogen-bond acceptors (Lipinski definition) is 4. The van der Waals surface area contributed by atoms with Crippen molar-refractivity contribution in [3.8, 4) is 5.75 Å². The molecule has 2 fully saturated rings. The van der Waals surface area contributed by atoms with Crippen LogP contribution in [0.15, 0.2) is 24.3 Å². The highest BCUT2D eigenvalue weighted by atomic mass is 16.5. The van der Waals surface area contributed by atoms with E-state index in [4.69, 9.17) is 15.3 Å². The van der Waals surface area contributed by atoms with Gasteiger partial charge in [0.1, 0.15) is 5.75 Å². The van der Waals surface area contributed by atoms with Crippen molar-refractivity contribution < 1.29 is 9.47 Å². The molecule has 1 aliphatic carbocycles. The molecule has 1 aliphatic heterocycles. The fraction of sp³-hybridized carbons (Fsp3) is 0.571. The third kappa shape index (κ3) is 2.66. The lowest BCUT2D eigenvalue weighted by Gasteiger charge is -2.22. The zero-order chi connectivity index (χ0) is 12.4. The van der Waals surface area contributed by atoms with Crippen molar-refractivity contribution in [2.24, 2.45) is 5.84 Å². The average molecular weight is 248 g/mol. The fourth-order valence-electron chi connectivity index (χ4n) is 2.42. The predicted octanol–water partition coefficient (Wildman–Crippen LogP) is 1.91. The second-order valence-corrected chi connectivity index (χ2v) is 5.08. The van der Waals surface area contributed by atoms with Crippen molar-refractivity contribution in [2.45, 2.75) is 43.9 Å². The Hall–Kier alpha value is -1.10. The maximum absolute atomic E-state index is 5.74. The van der Waals surface area contributed by atoms with Crippen LogP contribution in [0.5, 0.6) is 5.75 Å². The van der Waals surface area contributed by atoms with Crippen molar-refractivity contribution in [3.63, 3.8) is 0 Å². The molecule has 1 aromatic carbocycles. The van der Waals surface area contributed by atoms with E-state index in [9.17, 15) is 0 Å². The van der Waals surface area contributed by atoms with Crippen LogP contribution in [0, 0.1) is 0 Å². The van der Waals surface area contributed by atoms with Gasteiger partial charge in [-0.05, 0) is 43.4 Å². The first-order chi connectivity index (χ1) is 8.86. The smallest absolute Gasteiger partial charge is 0.119 e. The Labute approximate surface area is 107 Å². The minimum absolute atomic E-state index is 0.0717. The van der Waals surface area contributed by atoms with Crippen LogP contribution in [0.2, 0.25) is 0 Å². The van der Waals surface area contributed by atoms with Crippen LogP contribution >= 0.6 is 0 Å². The van der Waals surface area contributed by atoms with Gasteiger partial charge in [-0.1, -0.05) is 12.1 Å². The highest BCUT2D eigenvalue weighted by Gasteiger charge is 2.27.